The van der Waals surface area contributed by atoms with Gasteiger partial charge in [-0.15, -0.1) is 10.2 Å². The molecule has 2 aromatic heterocycles. The number of carbonyl (C=O) groups excluding carboxylic acids is 1. The third-order valence-corrected chi connectivity index (χ3v) is 5.26. The largest absolute Gasteiger partial charge is 0.493 e. The molecule has 0 aliphatic carbocycles. The van der Waals surface area contributed by atoms with E-state index < -0.39 is 0 Å². The lowest BCUT2D eigenvalue weighted by atomic mass is 9.97. The number of pyridine rings is 1. The molecule has 7 heteroatoms. The maximum absolute atomic E-state index is 12.8. The van der Waals surface area contributed by atoms with E-state index in [-0.39, 0.29) is 11.8 Å². The first-order chi connectivity index (χ1) is 14.2. The lowest BCUT2D eigenvalue weighted by Crippen LogP contribution is -2.38. The number of likely N-dealkylation sites (tertiary alicyclic amines) is 1. The van der Waals surface area contributed by atoms with Gasteiger partial charge in [0.2, 0.25) is 5.91 Å². The maximum Gasteiger partial charge on any atom is 0.246 e. The highest BCUT2D eigenvalue weighted by molar-refractivity contribution is 5.92. The van der Waals surface area contributed by atoms with Crippen LogP contribution < -0.4 is 9.47 Å². The van der Waals surface area contributed by atoms with E-state index in [9.17, 15) is 4.79 Å². The third kappa shape index (κ3) is 3.94. The van der Waals surface area contributed by atoms with Gasteiger partial charge in [-0.05, 0) is 48.7 Å². The van der Waals surface area contributed by atoms with Crippen molar-refractivity contribution in [3.8, 4) is 11.5 Å². The molecule has 4 rings (SSSR count). The molecule has 0 saturated carbocycles. The van der Waals surface area contributed by atoms with Crippen LogP contribution in [-0.4, -0.2) is 52.7 Å². The first-order valence-electron chi connectivity index (χ1n) is 9.68. The van der Waals surface area contributed by atoms with E-state index in [4.69, 9.17) is 9.47 Å². The van der Waals surface area contributed by atoms with E-state index in [1.165, 1.54) is 0 Å². The molecule has 1 saturated heterocycles. The number of methoxy groups -OCH3 is 2. The Bertz CT molecular complexity index is 1040. The topological polar surface area (TPSA) is 69.0 Å². The number of hydrogen-bond donors (Lipinski definition) is 0. The van der Waals surface area contributed by atoms with Crippen LogP contribution in [0.25, 0.3) is 11.7 Å². The summed E-state index contributed by atoms with van der Waals surface area (Å²) in [5.41, 5.74) is 1.72. The third-order valence-electron chi connectivity index (χ3n) is 5.26. The van der Waals surface area contributed by atoms with Gasteiger partial charge in [0.1, 0.15) is 5.82 Å². The van der Waals surface area contributed by atoms with Crippen LogP contribution in [0.4, 0.5) is 0 Å². The summed E-state index contributed by atoms with van der Waals surface area (Å²) >= 11 is 0. The minimum absolute atomic E-state index is 0.00157. The molecule has 1 fully saturated rings. The van der Waals surface area contributed by atoms with Gasteiger partial charge in [0.05, 0.1) is 14.2 Å². The monoisotopic (exact) mass is 392 g/mol. The lowest BCUT2D eigenvalue weighted by Gasteiger charge is -2.31. The predicted octanol–water partition coefficient (Wildman–Crippen LogP) is 3.17. The van der Waals surface area contributed by atoms with Gasteiger partial charge in [-0.25, -0.2) is 0 Å². The van der Waals surface area contributed by atoms with E-state index in [0.717, 1.165) is 36.4 Å². The second kappa shape index (κ2) is 8.34. The van der Waals surface area contributed by atoms with E-state index >= 15 is 0 Å². The molecule has 0 N–H and O–H groups in total. The fourth-order valence-electron chi connectivity index (χ4n) is 3.76. The van der Waals surface area contributed by atoms with Crippen molar-refractivity contribution < 1.29 is 14.3 Å². The van der Waals surface area contributed by atoms with E-state index in [1.54, 1.807) is 26.4 Å². The number of aromatic nitrogens is 3. The number of hydrogen-bond acceptors (Lipinski definition) is 5. The van der Waals surface area contributed by atoms with Crippen LogP contribution in [0.2, 0.25) is 0 Å². The molecule has 0 bridgehead atoms. The number of piperidine rings is 1. The van der Waals surface area contributed by atoms with Crippen molar-refractivity contribution in [3.63, 3.8) is 0 Å². The average Bonchev–Trinajstić information content (AvgIpc) is 3.21. The van der Waals surface area contributed by atoms with Crippen molar-refractivity contribution in [1.29, 1.82) is 0 Å². The number of benzene rings is 1. The van der Waals surface area contributed by atoms with Crippen LogP contribution in [0.5, 0.6) is 11.5 Å². The molecule has 150 valence electrons. The van der Waals surface area contributed by atoms with Gasteiger partial charge in [0, 0.05) is 31.3 Å². The molecular weight excluding hydrogens is 368 g/mol. The normalized spacial score (nSPS) is 17.0. The summed E-state index contributed by atoms with van der Waals surface area (Å²) in [6.45, 7) is 1.40. The Morgan fingerprint density at radius 3 is 2.83 bits per heavy atom. The molecule has 1 aromatic carbocycles. The first kappa shape index (κ1) is 19.0. The highest BCUT2D eigenvalue weighted by Gasteiger charge is 2.27. The summed E-state index contributed by atoms with van der Waals surface area (Å²) in [7, 11) is 3.20. The van der Waals surface area contributed by atoms with Crippen LogP contribution in [0.1, 0.15) is 30.1 Å². The number of carbonyl (C=O) groups is 1. The maximum atomic E-state index is 12.8. The minimum atomic E-state index is -0.00157. The number of ether oxygens (including phenoxy) is 2. The molecule has 7 nitrogen and oxygen atoms in total. The lowest BCUT2D eigenvalue weighted by molar-refractivity contribution is -0.127. The summed E-state index contributed by atoms with van der Waals surface area (Å²) in [6, 6.07) is 11.4. The van der Waals surface area contributed by atoms with Gasteiger partial charge < -0.3 is 14.4 Å². The molecule has 3 aromatic rings. The Labute approximate surface area is 169 Å². The van der Waals surface area contributed by atoms with Gasteiger partial charge in [-0.1, -0.05) is 12.1 Å². The number of rotatable bonds is 5. The minimum Gasteiger partial charge on any atom is -0.493 e. The molecule has 3 heterocycles. The molecule has 1 atom stereocenters. The highest BCUT2D eigenvalue weighted by atomic mass is 16.5. The van der Waals surface area contributed by atoms with Crippen molar-refractivity contribution in [1.82, 2.24) is 19.5 Å². The summed E-state index contributed by atoms with van der Waals surface area (Å²) in [6.07, 6.45) is 7.34. The van der Waals surface area contributed by atoms with Gasteiger partial charge in [0.15, 0.2) is 17.1 Å². The van der Waals surface area contributed by atoms with Gasteiger partial charge in [-0.3, -0.25) is 9.20 Å². The van der Waals surface area contributed by atoms with Gasteiger partial charge >= 0.3 is 0 Å². The van der Waals surface area contributed by atoms with Crippen molar-refractivity contribution in [2.75, 3.05) is 27.3 Å². The summed E-state index contributed by atoms with van der Waals surface area (Å²) in [5, 5.41) is 8.62. The Morgan fingerprint density at radius 1 is 1.14 bits per heavy atom. The predicted molar refractivity (Wildman–Crippen MR) is 110 cm³/mol. The highest BCUT2D eigenvalue weighted by Crippen LogP contribution is 2.29. The second-order valence-corrected chi connectivity index (χ2v) is 7.06. The second-order valence-electron chi connectivity index (χ2n) is 7.06. The SMILES string of the molecule is COc1ccc(/C=C/C(=O)N2CCCC(c3nnc4ccccn34)C2)cc1OC. The van der Waals surface area contributed by atoms with Gasteiger partial charge in [-0.2, -0.15) is 0 Å². The van der Waals surface area contributed by atoms with Crippen molar-refractivity contribution in [2.24, 2.45) is 0 Å². The Kier molecular flexibility index (Phi) is 5.46. The summed E-state index contributed by atoms with van der Waals surface area (Å²) in [5.74, 6) is 2.40. The quantitative estimate of drug-likeness (QED) is 0.624. The Morgan fingerprint density at radius 2 is 2.00 bits per heavy atom. The zero-order valence-corrected chi connectivity index (χ0v) is 16.6. The molecule has 1 aliphatic rings. The average molecular weight is 392 g/mol. The molecule has 1 amide bonds. The summed E-state index contributed by atoms with van der Waals surface area (Å²) in [4.78, 5) is 14.7. The Balaban J connectivity index is 1.47. The number of amides is 1. The van der Waals surface area contributed by atoms with Crippen molar-refractivity contribution >= 4 is 17.6 Å². The van der Waals surface area contributed by atoms with Crippen LogP contribution in [0, 0.1) is 0 Å². The zero-order chi connectivity index (χ0) is 20.2. The van der Waals surface area contributed by atoms with E-state index in [1.807, 2.05) is 51.9 Å². The summed E-state index contributed by atoms with van der Waals surface area (Å²) < 4.78 is 12.6. The molecule has 29 heavy (non-hydrogen) atoms. The standard InChI is InChI=1S/C22H24N4O3/c1-28-18-10-8-16(14-19(18)29-2)9-11-21(27)25-12-5-6-17(15-25)22-24-23-20-7-3-4-13-26(20)22/h3-4,7-11,13-14,17H,5-6,12,15H2,1-2H3/b11-9+. The number of nitrogens with zero attached hydrogens (tertiary/aromatic N) is 4. The number of fused-ring (bicyclic) bond motifs is 1. The fraction of sp³-hybridized carbons (Fsp3) is 0.318. The van der Waals surface area contributed by atoms with Crippen LogP contribution >= 0.6 is 0 Å². The van der Waals surface area contributed by atoms with Crippen LogP contribution in [0.15, 0.2) is 48.7 Å². The van der Waals surface area contributed by atoms with Gasteiger partial charge in [0.25, 0.3) is 0 Å². The zero-order valence-electron chi connectivity index (χ0n) is 16.6. The molecule has 1 aliphatic heterocycles. The van der Waals surface area contributed by atoms with Crippen molar-refractivity contribution in [2.45, 2.75) is 18.8 Å². The molecule has 0 spiro atoms. The van der Waals surface area contributed by atoms with E-state index in [0.29, 0.717) is 18.0 Å². The van der Waals surface area contributed by atoms with Crippen LogP contribution in [0.3, 0.4) is 0 Å². The fourth-order valence-corrected chi connectivity index (χ4v) is 3.76. The first-order valence-corrected chi connectivity index (χ1v) is 9.68. The van der Waals surface area contributed by atoms with Crippen LogP contribution in [-0.2, 0) is 4.79 Å². The molecular formula is C22H24N4O3. The van der Waals surface area contributed by atoms with E-state index in [2.05, 4.69) is 10.2 Å². The molecule has 0 radical (unpaired) electrons. The smallest absolute Gasteiger partial charge is 0.246 e. The Hall–Kier alpha value is -3.35. The van der Waals surface area contributed by atoms with Crippen molar-refractivity contribution in [3.05, 3.63) is 60.1 Å². The molecule has 1 unspecified atom stereocenters.